The minimum Gasteiger partial charge on any atom is -0.487 e. The lowest BCUT2D eigenvalue weighted by Gasteiger charge is -2.20. The first-order valence-corrected chi connectivity index (χ1v) is 14.3. The van der Waals surface area contributed by atoms with Gasteiger partial charge >= 0.3 is 0 Å². The van der Waals surface area contributed by atoms with E-state index in [4.69, 9.17) is 39.5 Å². The monoisotopic (exact) mass is 625 g/mol. The number of ether oxygens (including phenoxy) is 1. The van der Waals surface area contributed by atoms with Crippen LogP contribution in [0.25, 0.3) is 10.9 Å². The SMILES string of the molecule is N#Cc1cnc2c(Cl)cc(N[C@@H](c3ccc(Cl)cc3)c3c[nH]nn3)cc2c1Nc1ccc(OCc2ccccc2)c(Cl)c1. The van der Waals surface area contributed by atoms with Crippen LogP contribution in [0.1, 0.15) is 28.4 Å². The van der Waals surface area contributed by atoms with Crippen LogP contribution >= 0.6 is 34.8 Å². The summed E-state index contributed by atoms with van der Waals surface area (Å²) >= 11 is 19.5. The lowest BCUT2D eigenvalue weighted by Crippen LogP contribution is -2.13. The molecule has 0 amide bonds. The van der Waals surface area contributed by atoms with Crippen molar-refractivity contribution >= 4 is 62.8 Å². The van der Waals surface area contributed by atoms with Crippen molar-refractivity contribution in [2.24, 2.45) is 0 Å². The van der Waals surface area contributed by atoms with Crippen molar-refractivity contribution in [2.75, 3.05) is 10.6 Å². The summed E-state index contributed by atoms with van der Waals surface area (Å²) in [5.74, 6) is 0.548. The third kappa shape index (κ3) is 6.35. The summed E-state index contributed by atoms with van der Waals surface area (Å²) in [6, 6.07) is 28.2. The number of pyridine rings is 1. The smallest absolute Gasteiger partial charge is 0.138 e. The van der Waals surface area contributed by atoms with Gasteiger partial charge in [0, 0.05) is 34.2 Å². The Hall–Kier alpha value is -4.81. The molecule has 0 saturated heterocycles. The normalized spacial score (nSPS) is 11.6. The number of anilines is 3. The molecule has 6 rings (SSSR count). The number of H-pyrrole nitrogens is 1. The Morgan fingerprint density at radius 3 is 2.42 bits per heavy atom. The lowest BCUT2D eigenvalue weighted by molar-refractivity contribution is 0.306. The van der Waals surface area contributed by atoms with E-state index in [2.05, 4.69) is 37.1 Å². The van der Waals surface area contributed by atoms with Crippen molar-refractivity contribution in [1.29, 1.82) is 5.26 Å². The molecule has 8 nitrogen and oxygen atoms in total. The third-order valence-electron chi connectivity index (χ3n) is 6.73. The van der Waals surface area contributed by atoms with Crippen LogP contribution in [0.5, 0.6) is 5.75 Å². The molecular formula is C32H22Cl3N7O. The number of fused-ring (bicyclic) bond motifs is 1. The van der Waals surface area contributed by atoms with Crippen molar-refractivity contribution in [1.82, 2.24) is 20.4 Å². The van der Waals surface area contributed by atoms with Crippen molar-refractivity contribution in [3.63, 3.8) is 0 Å². The number of halogens is 3. The van der Waals surface area contributed by atoms with Crippen molar-refractivity contribution in [3.05, 3.63) is 135 Å². The average molecular weight is 627 g/mol. The molecule has 6 aromatic rings. The van der Waals surface area contributed by atoms with Gasteiger partial charge in [-0.3, -0.25) is 10.1 Å². The largest absolute Gasteiger partial charge is 0.487 e. The first kappa shape index (κ1) is 28.3. The molecule has 0 bridgehead atoms. The van der Waals surface area contributed by atoms with Crippen molar-refractivity contribution in [2.45, 2.75) is 12.6 Å². The fraction of sp³-hybridized carbons (Fsp3) is 0.0625. The van der Waals surface area contributed by atoms with E-state index in [-0.39, 0.29) is 6.04 Å². The Morgan fingerprint density at radius 2 is 1.70 bits per heavy atom. The van der Waals surface area contributed by atoms with Gasteiger partial charge in [0.2, 0.25) is 0 Å². The summed E-state index contributed by atoms with van der Waals surface area (Å²) < 4.78 is 5.92. The molecule has 0 aliphatic carbocycles. The Bertz CT molecular complexity index is 1930. The molecule has 0 fully saturated rings. The molecule has 0 unspecified atom stereocenters. The van der Waals surface area contributed by atoms with Gasteiger partial charge in [-0.1, -0.05) is 82.5 Å². The highest BCUT2D eigenvalue weighted by Crippen LogP contribution is 2.38. The number of nitrogens with zero attached hydrogens (tertiary/aromatic N) is 4. The summed E-state index contributed by atoms with van der Waals surface area (Å²) in [6.45, 7) is 0.389. The number of nitrogens with one attached hydrogen (secondary N) is 3. The molecule has 0 spiro atoms. The van der Waals surface area contributed by atoms with E-state index in [1.807, 2.05) is 66.7 Å². The molecular weight excluding hydrogens is 605 g/mol. The summed E-state index contributed by atoms with van der Waals surface area (Å²) in [6.07, 6.45) is 3.21. The summed E-state index contributed by atoms with van der Waals surface area (Å²) in [7, 11) is 0. The quantitative estimate of drug-likeness (QED) is 0.147. The Balaban J connectivity index is 1.33. The maximum absolute atomic E-state index is 9.96. The van der Waals surface area contributed by atoms with Gasteiger partial charge in [-0.05, 0) is 53.6 Å². The van der Waals surface area contributed by atoms with E-state index in [0.717, 1.165) is 11.1 Å². The van der Waals surface area contributed by atoms with Crippen LogP contribution in [0.2, 0.25) is 15.1 Å². The van der Waals surface area contributed by atoms with Gasteiger partial charge in [0.05, 0.1) is 32.9 Å². The third-order valence-corrected chi connectivity index (χ3v) is 7.56. The number of benzene rings is 4. The Labute approximate surface area is 262 Å². The average Bonchev–Trinajstić information content (AvgIpc) is 3.56. The minimum atomic E-state index is -0.365. The van der Waals surface area contributed by atoms with Crippen LogP contribution in [-0.4, -0.2) is 20.4 Å². The fourth-order valence-electron chi connectivity index (χ4n) is 4.64. The highest BCUT2D eigenvalue weighted by molar-refractivity contribution is 6.36. The molecule has 4 aromatic carbocycles. The lowest BCUT2D eigenvalue weighted by atomic mass is 10.0. The first-order chi connectivity index (χ1) is 21.0. The van der Waals surface area contributed by atoms with E-state index >= 15 is 0 Å². The second-order valence-corrected chi connectivity index (χ2v) is 10.8. The van der Waals surface area contributed by atoms with Gasteiger partial charge in [-0.2, -0.15) is 5.26 Å². The zero-order valence-electron chi connectivity index (χ0n) is 22.4. The van der Waals surface area contributed by atoms with E-state index < -0.39 is 0 Å². The van der Waals surface area contributed by atoms with E-state index in [0.29, 0.717) is 66.6 Å². The van der Waals surface area contributed by atoms with E-state index in [9.17, 15) is 5.26 Å². The van der Waals surface area contributed by atoms with Crippen LogP contribution in [0.3, 0.4) is 0 Å². The zero-order chi connectivity index (χ0) is 29.8. The van der Waals surface area contributed by atoms with Gasteiger partial charge in [0.25, 0.3) is 0 Å². The highest BCUT2D eigenvalue weighted by atomic mass is 35.5. The maximum atomic E-state index is 9.96. The van der Waals surface area contributed by atoms with Crippen LogP contribution in [0, 0.1) is 11.3 Å². The van der Waals surface area contributed by atoms with Gasteiger partial charge in [0.1, 0.15) is 24.1 Å². The summed E-state index contributed by atoms with van der Waals surface area (Å²) in [4.78, 5) is 4.47. The van der Waals surface area contributed by atoms with E-state index in [1.165, 1.54) is 6.20 Å². The number of hydrogen-bond donors (Lipinski definition) is 3. The number of aromatic amines is 1. The molecule has 2 aromatic heterocycles. The molecule has 0 radical (unpaired) electrons. The molecule has 43 heavy (non-hydrogen) atoms. The minimum absolute atomic E-state index is 0.340. The molecule has 0 saturated carbocycles. The second kappa shape index (κ2) is 12.6. The Morgan fingerprint density at radius 1 is 0.907 bits per heavy atom. The molecule has 1 atom stereocenters. The molecule has 11 heteroatoms. The van der Waals surface area contributed by atoms with Crippen LogP contribution < -0.4 is 15.4 Å². The number of rotatable bonds is 9. The van der Waals surface area contributed by atoms with Gasteiger partial charge in [-0.15, -0.1) is 5.10 Å². The predicted octanol–water partition coefficient (Wildman–Crippen LogP) is 8.71. The standard InChI is InChI=1S/C32H22Cl3N7O/c33-22-8-6-20(7-9-22)31(28-17-38-42-41-28)40-24-12-25-30(21(15-36)16-37-32(25)27(35)14-24)39-23-10-11-29(26(34)13-23)43-18-19-4-2-1-3-5-19/h1-14,16-17,31,40H,18H2,(H,37,39)(H,38,41,42)/t31-/m0/s1. The fourth-order valence-corrected chi connectivity index (χ4v) is 5.27. The van der Waals surface area contributed by atoms with Crippen LogP contribution in [0.4, 0.5) is 17.1 Å². The number of nitriles is 1. The van der Waals surface area contributed by atoms with Gasteiger partial charge in [-0.25, -0.2) is 0 Å². The first-order valence-electron chi connectivity index (χ1n) is 13.1. The number of aromatic nitrogens is 4. The molecule has 2 heterocycles. The van der Waals surface area contributed by atoms with Crippen LogP contribution in [0.15, 0.2) is 97.3 Å². The number of hydrogen-bond acceptors (Lipinski definition) is 7. The zero-order valence-corrected chi connectivity index (χ0v) is 24.6. The molecule has 0 aliphatic heterocycles. The second-order valence-electron chi connectivity index (χ2n) is 9.58. The van der Waals surface area contributed by atoms with Crippen molar-refractivity contribution < 1.29 is 4.74 Å². The topological polar surface area (TPSA) is 112 Å². The molecule has 0 aliphatic rings. The summed E-state index contributed by atoms with van der Waals surface area (Å²) in [5, 5.41) is 29.8. The highest BCUT2D eigenvalue weighted by Gasteiger charge is 2.20. The van der Waals surface area contributed by atoms with Gasteiger partial charge in [0.15, 0.2) is 0 Å². The molecule has 212 valence electrons. The predicted molar refractivity (Wildman–Crippen MR) is 170 cm³/mol. The Kier molecular flexibility index (Phi) is 8.29. The van der Waals surface area contributed by atoms with Crippen molar-refractivity contribution in [3.8, 4) is 11.8 Å². The summed E-state index contributed by atoms with van der Waals surface area (Å²) in [5.41, 5.74) is 5.38. The van der Waals surface area contributed by atoms with Crippen LogP contribution in [-0.2, 0) is 6.61 Å². The van der Waals surface area contributed by atoms with Gasteiger partial charge < -0.3 is 15.4 Å². The van der Waals surface area contributed by atoms with E-state index in [1.54, 1.807) is 24.4 Å². The molecule has 3 N–H and O–H groups in total. The maximum Gasteiger partial charge on any atom is 0.138 e.